The van der Waals surface area contributed by atoms with Crippen molar-refractivity contribution in [1.82, 2.24) is 10.6 Å². The number of aliphatic hydroxyl groups is 5. The van der Waals surface area contributed by atoms with Crippen molar-refractivity contribution in [3.63, 3.8) is 0 Å². The first-order valence-corrected chi connectivity index (χ1v) is 20.5. The number of methoxy groups -OCH3 is 2. The minimum absolute atomic E-state index is 0.000988. The highest BCUT2D eigenvalue weighted by Gasteiger charge is 2.51. The average molecular weight is 925 g/mol. The van der Waals surface area contributed by atoms with Crippen LogP contribution < -0.4 is 15.4 Å². The van der Waals surface area contributed by atoms with E-state index in [1.54, 1.807) is 0 Å². The monoisotopic (exact) mass is 924 g/mol. The van der Waals surface area contributed by atoms with Gasteiger partial charge in [-0.1, -0.05) is 12.1 Å². The Morgan fingerprint density at radius 1 is 0.848 bits per heavy atom. The van der Waals surface area contributed by atoms with Crippen LogP contribution in [0.3, 0.4) is 0 Å². The molecular formula is C44H48N2O20. The molecule has 1 amide bonds. The standard InChI is InChI=1S/C44H48N2O20/c1-14-9-21-28(35(54)25(14)41(58)46-15(2)42(59)60)27-19(12-20-29(36(27)55)32(51)18-10-17(61-4)11-22(47)26(18)31(20)50)33(52)39(21)65-44-38(57)40(66-43-37(56)34(53)23(48)13-63-43)30(16(3)64-44)45-8-6-7-24(49)62-5/h6-7,9-12,15-16,23,30,33-34,37-40,43-45,47-48,52-57H,8,13H2,1-5H3,(H,46,58)(H,59,60)/b7-6+/t15-,16-,23-,30+,33+,34+,37-,38-,39+,40+,43+,44+/m1/s1. The first-order chi connectivity index (χ1) is 31.2. The summed E-state index contributed by atoms with van der Waals surface area (Å²) in [6, 6.07) is 2.14. The summed E-state index contributed by atoms with van der Waals surface area (Å²) in [6.45, 7) is 3.58. The lowest BCUT2D eigenvalue weighted by Crippen LogP contribution is -2.65. The molecule has 0 saturated carbocycles. The molecule has 2 aliphatic carbocycles. The highest BCUT2D eigenvalue weighted by atomic mass is 16.7. The number of carboxylic acids is 1. The molecule has 66 heavy (non-hydrogen) atoms. The lowest BCUT2D eigenvalue weighted by Gasteiger charge is -2.47. The molecule has 0 radical (unpaired) electrons. The number of carbonyl (C=O) groups is 5. The van der Waals surface area contributed by atoms with Crippen molar-refractivity contribution in [2.24, 2.45) is 0 Å². The minimum atomic E-state index is -1.95. The van der Waals surface area contributed by atoms with Crippen LogP contribution >= 0.6 is 0 Å². The number of rotatable bonds is 12. The van der Waals surface area contributed by atoms with Gasteiger partial charge in [0.15, 0.2) is 24.1 Å². The third kappa shape index (κ3) is 8.36. The average Bonchev–Trinajstić information content (AvgIpc) is 3.27. The second-order valence-corrected chi connectivity index (χ2v) is 16.2. The van der Waals surface area contributed by atoms with Gasteiger partial charge in [0.25, 0.3) is 5.91 Å². The van der Waals surface area contributed by atoms with Crippen molar-refractivity contribution >= 4 is 29.4 Å². The predicted molar refractivity (Wildman–Crippen MR) is 221 cm³/mol. The quantitative estimate of drug-likeness (QED) is 0.0629. The van der Waals surface area contributed by atoms with E-state index in [1.807, 2.05) is 0 Å². The number of carbonyl (C=O) groups excluding carboxylic acids is 4. The number of esters is 1. The van der Waals surface area contributed by atoms with Crippen LogP contribution in [0, 0.1) is 6.92 Å². The van der Waals surface area contributed by atoms with Crippen LogP contribution in [0.25, 0.3) is 11.1 Å². The normalized spacial score (nSPS) is 28.4. The van der Waals surface area contributed by atoms with Crippen LogP contribution in [-0.4, -0.2) is 164 Å². The fourth-order valence-electron chi connectivity index (χ4n) is 8.61. The zero-order chi connectivity index (χ0) is 48.2. The number of ketones is 2. The number of hydrogen-bond acceptors (Lipinski definition) is 20. The van der Waals surface area contributed by atoms with Gasteiger partial charge in [-0.3, -0.25) is 19.2 Å². The van der Waals surface area contributed by atoms with Crippen molar-refractivity contribution in [3.05, 3.63) is 80.9 Å². The molecule has 3 aromatic carbocycles. The number of fused-ring (bicyclic) bond motifs is 5. The first-order valence-electron chi connectivity index (χ1n) is 20.5. The highest BCUT2D eigenvalue weighted by Crippen LogP contribution is 2.57. The lowest BCUT2D eigenvalue weighted by atomic mass is 9.74. The van der Waals surface area contributed by atoms with E-state index in [9.17, 15) is 69.9 Å². The predicted octanol–water partition coefficient (Wildman–Crippen LogP) is -0.512. The Bertz CT molecular complexity index is 2510. The number of aliphatic hydroxyl groups excluding tert-OH is 5. The summed E-state index contributed by atoms with van der Waals surface area (Å²) in [4.78, 5) is 65.3. The van der Waals surface area contributed by atoms with Crippen molar-refractivity contribution in [2.75, 3.05) is 27.4 Å². The van der Waals surface area contributed by atoms with E-state index < -0.39 is 160 Å². The van der Waals surface area contributed by atoms with Gasteiger partial charge in [-0.25, -0.2) is 4.79 Å². The smallest absolute Gasteiger partial charge is 0.330 e. The van der Waals surface area contributed by atoms with E-state index in [4.69, 9.17) is 23.7 Å². The number of aromatic hydroxyl groups is 3. The van der Waals surface area contributed by atoms with Gasteiger partial charge in [0.1, 0.15) is 71.8 Å². The molecule has 22 heteroatoms. The third-order valence-electron chi connectivity index (χ3n) is 12.0. The van der Waals surface area contributed by atoms with E-state index in [0.717, 1.165) is 18.2 Å². The fourth-order valence-corrected chi connectivity index (χ4v) is 8.61. The number of phenolic OH excluding ortho intramolecular Hbond substituents is 3. The van der Waals surface area contributed by atoms with Crippen molar-refractivity contribution in [2.45, 2.75) is 94.3 Å². The zero-order valence-corrected chi connectivity index (χ0v) is 35.8. The SMILES string of the molecule is COC(=O)/C=C/CN[C@@H]1[C@H](O[C@@H]2OC[C@@H](O)[C@H](O)[C@H]2O)[C@@H](O)[C@H](O[C@H]2c3cc(C)c(C(=O)N[C@H](C)C(=O)O)c(O)c3-c3c(cc4c(c3O)C(=O)c3cc(OC)cc(O)c3C4=O)[C@@H]2O)O[C@@H]1C. The summed E-state index contributed by atoms with van der Waals surface area (Å²) in [5.41, 5.74) is -3.67. The molecule has 0 spiro atoms. The molecular weight excluding hydrogens is 876 g/mol. The minimum Gasteiger partial charge on any atom is -0.507 e. The molecule has 2 heterocycles. The van der Waals surface area contributed by atoms with E-state index in [-0.39, 0.29) is 34.5 Å². The van der Waals surface area contributed by atoms with Gasteiger partial charge in [0.05, 0.1) is 49.7 Å². The van der Waals surface area contributed by atoms with Crippen molar-refractivity contribution in [1.29, 1.82) is 0 Å². The molecule has 354 valence electrons. The topological polar surface area (TPSA) is 347 Å². The van der Waals surface area contributed by atoms with Crippen LogP contribution in [0.15, 0.2) is 36.4 Å². The number of aliphatic carboxylic acids is 1. The van der Waals surface area contributed by atoms with Crippen molar-refractivity contribution < 1.29 is 98.4 Å². The summed E-state index contributed by atoms with van der Waals surface area (Å²) < 4.78 is 33.8. The molecule has 11 N–H and O–H groups in total. The number of hydrogen-bond donors (Lipinski definition) is 11. The maximum absolute atomic E-state index is 14.2. The Labute approximate surface area is 374 Å². The molecule has 12 atom stereocenters. The second kappa shape index (κ2) is 18.7. The number of ether oxygens (including phenoxy) is 6. The maximum atomic E-state index is 14.2. The number of phenols is 3. The Morgan fingerprint density at radius 2 is 1.52 bits per heavy atom. The third-order valence-corrected chi connectivity index (χ3v) is 12.0. The highest BCUT2D eigenvalue weighted by molar-refractivity contribution is 6.31. The van der Waals surface area contributed by atoms with E-state index in [1.165, 1.54) is 53.2 Å². The van der Waals surface area contributed by atoms with E-state index in [0.29, 0.717) is 0 Å². The Hall–Kier alpha value is -6.05. The Balaban J connectivity index is 1.34. The summed E-state index contributed by atoms with van der Waals surface area (Å²) in [7, 11) is 2.44. The number of amides is 1. The van der Waals surface area contributed by atoms with Crippen molar-refractivity contribution in [3.8, 4) is 34.1 Å². The molecule has 22 nitrogen and oxygen atoms in total. The van der Waals surface area contributed by atoms with Crippen LogP contribution in [-0.2, 0) is 33.3 Å². The maximum Gasteiger partial charge on any atom is 0.330 e. The molecule has 3 aromatic rings. The summed E-state index contributed by atoms with van der Waals surface area (Å²) in [5, 5.41) is 105. The summed E-state index contributed by atoms with van der Waals surface area (Å²) in [5.74, 6) is -7.49. The summed E-state index contributed by atoms with van der Waals surface area (Å²) in [6.07, 6.45) is -14.0. The molecule has 4 aliphatic rings. The molecule has 2 fully saturated rings. The van der Waals surface area contributed by atoms with Crippen LogP contribution in [0.4, 0.5) is 0 Å². The number of nitrogens with one attached hydrogen (secondary N) is 2. The molecule has 0 bridgehead atoms. The Kier molecular flexibility index (Phi) is 13.6. The van der Waals surface area contributed by atoms with Crippen LogP contribution in [0.5, 0.6) is 23.0 Å². The molecule has 0 aromatic heterocycles. The van der Waals surface area contributed by atoms with Gasteiger partial charge in [0.2, 0.25) is 0 Å². The van der Waals surface area contributed by atoms with Gasteiger partial charge >= 0.3 is 11.9 Å². The first kappa shape index (κ1) is 47.9. The fraction of sp³-hybridized carbons (Fsp3) is 0.432. The molecule has 7 rings (SSSR count). The van der Waals surface area contributed by atoms with Gasteiger partial charge in [0, 0.05) is 40.9 Å². The second-order valence-electron chi connectivity index (χ2n) is 16.2. The van der Waals surface area contributed by atoms with Gasteiger partial charge in [-0.05, 0) is 49.6 Å². The van der Waals surface area contributed by atoms with E-state index >= 15 is 0 Å². The zero-order valence-electron chi connectivity index (χ0n) is 35.8. The van der Waals surface area contributed by atoms with Gasteiger partial charge in [-0.2, -0.15) is 0 Å². The van der Waals surface area contributed by atoms with Crippen LogP contribution in [0.2, 0.25) is 0 Å². The van der Waals surface area contributed by atoms with Gasteiger partial charge in [-0.15, -0.1) is 0 Å². The lowest BCUT2D eigenvalue weighted by molar-refractivity contribution is -0.339. The Morgan fingerprint density at radius 3 is 2.18 bits per heavy atom. The van der Waals surface area contributed by atoms with Gasteiger partial charge < -0.3 is 85.0 Å². The molecule has 0 unspecified atom stereocenters. The summed E-state index contributed by atoms with van der Waals surface area (Å²) >= 11 is 0. The molecule has 2 saturated heterocycles. The largest absolute Gasteiger partial charge is 0.507 e. The number of aryl methyl sites for hydroxylation is 1. The van der Waals surface area contributed by atoms with E-state index in [2.05, 4.69) is 15.4 Å². The van der Waals surface area contributed by atoms with Crippen LogP contribution in [0.1, 0.15) is 84.9 Å². The number of benzene rings is 3. The number of carboxylic acid groups (broad SMARTS) is 1. The molecule has 2 aliphatic heterocycles.